The Bertz CT molecular complexity index is 618. The van der Waals surface area contributed by atoms with E-state index in [2.05, 4.69) is 4.98 Å². The third-order valence-corrected chi connectivity index (χ3v) is 3.17. The summed E-state index contributed by atoms with van der Waals surface area (Å²) in [5.74, 6) is 1.87. The Hall–Kier alpha value is -2.43. The maximum Gasteiger partial charge on any atom is 0.185 e. The molecule has 5 heteroatoms. The largest absolute Gasteiger partial charge is 0.493 e. The van der Waals surface area contributed by atoms with Crippen molar-refractivity contribution >= 4 is 5.69 Å². The molecule has 2 aromatic rings. The lowest BCUT2D eigenvalue weighted by Crippen LogP contribution is -2.05. The van der Waals surface area contributed by atoms with Gasteiger partial charge in [0.25, 0.3) is 0 Å². The molecule has 0 fully saturated rings. The molecule has 1 aromatic carbocycles. The van der Waals surface area contributed by atoms with Crippen LogP contribution in [0.3, 0.4) is 0 Å². The molecule has 5 nitrogen and oxygen atoms in total. The zero-order chi connectivity index (χ0) is 15.4. The van der Waals surface area contributed by atoms with E-state index in [1.807, 2.05) is 26.0 Å². The van der Waals surface area contributed by atoms with Crippen LogP contribution in [0.4, 0.5) is 5.69 Å². The normalized spacial score (nSPS) is 10.3. The topological polar surface area (TPSA) is 66.6 Å². The van der Waals surface area contributed by atoms with E-state index in [4.69, 9.17) is 19.9 Å². The van der Waals surface area contributed by atoms with Crippen LogP contribution < -0.4 is 19.9 Å². The number of pyridine rings is 1. The summed E-state index contributed by atoms with van der Waals surface area (Å²) in [5, 5.41) is 0. The van der Waals surface area contributed by atoms with Crippen molar-refractivity contribution in [2.24, 2.45) is 0 Å². The number of methoxy groups -OCH3 is 2. The number of rotatable bonds is 5. The zero-order valence-corrected chi connectivity index (χ0v) is 12.8. The number of aromatic nitrogens is 1. The van der Waals surface area contributed by atoms with Gasteiger partial charge >= 0.3 is 0 Å². The molecule has 1 aromatic heterocycles. The van der Waals surface area contributed by atoms with Crippen molar-refractivity contribution in [3.05, 3.63) is 41.2 Å². The van der Waals surface area contributed by atoms with E-state index >= 15 is 0 Å². The Kier molecular flexibility index (Phi) is 4.52. The van der Waals surface area contributed by atoms with E-state index in [0.717, 1.165) is 11.1 Å². The summed E-state index contributed by atoms with van der Waals surface area (Å²) in [4.78, 5) is 4.28. The number of anilines is 1. The summed E-state index contributed by atoms with van der Waals surface area (Å²) in [5.41, 5.74) is 9.40. The fourth-order valence-corrected chi connectivity index (χ4v) is 2.28. The third-order valence-electron chi connectivity index (χ3n) is 3.17. The number of nitrogens with zero attached hydrogens (tertiary/aromatic N) is 1. The number of hydrogen-bond donors (Lipinski definition) is 1. The summed E-state index contributed by atoms with van der Waals surface area (Å²) in [6, 6.07) is 5.66. The highest BCUT2D eigenvalue weighted by Crippen LogP contribution is 2.32. The lowest BCUT2D eigenvalue weighted by molar-refractivity contribution is 0.284. The summed E-state index contributed by atoms with van der Waals surface area (Å²) < 4.78 is 16.4. The van der Waals surface area contributed by atoms with E-state index in [9.17, 15) is 0 Å². The average Bonchev–Trinajstić information content (AvgIpc) is 2.45. The molecular formula is C16H20N2O3. The minimum Gasteiger partial charge on any atom is -0.493 e. The van der Waals surface area contributed by atoms with Crippen molar-refractivity contribution in [3.63, 3.8) is 0 Å². The highest BCUT2D eigenvalue weighted by Gasteiger charge is 2.13. The molecular weight excluding hydrogens is 268 g/mol. The number of aryl methyl sites for hydroxylation is 2. The van der Waals surface area contributed by atoms with E-state index in [0.29, 0.717) is 28.6 Å². The summed E-state index contributed by atoms with van der Waals surface area (Å²) in [6.45, 7) is 4.23. The van der Waals surface area contributed by atoms with Gasteiger partial charge in [0.05, 0.1) is 19.9 Å². The molecule has 2 N–H and O–H groups in total. The molecule has 0 aliphatic heterocycles. The summed E-state index contributed by atoms with van der Waals surface area (Å²) in [6.07, 6.45) is 1.66. The standard InChI is InChI=1S/C16H20N2O3/c1-10-7-11(2)15(12(17)8-10)21-9-13-16(20-4)14(19-3)5-6-18-13/h5-8H,9,17H2,1-4H3. The molecule has 0 amide bonds. The van der Waals surface area contributed by atoms with E-state index in [-0.39, 0.29) is 6.61 Å². The van der Waals surface area contributed by atoms with E-state index in [1.54, 1.807) is 26.5 Å². The van der Waals surface area contributed by atoms with Crippen LogP contribution >= 0.6 is 0 Å². The van der Waals surface area contributed by atoms with Crippen LogP contribution in [0, 0.1) is 13.8 Å². The fourth-order valence-electron chi connectivity index (χ4n) is 2.28. The van der Waals surface area contributed by atoms with Crippen molar-refractivity contribution in [2.75, 3.05) is 20.0 Å². The lowest BCUT2D eigenvalue weighted by atomic mass is 10.1. The minimum atomic E-state index is 0.258. The molecule has 0 unspecified atom stereocenters. The average molecular weight is 288 g/mol. The van der Waals surface area contributed by atoms with E-state index < -0.39 is 0 Å². The van der Waals surface area contributed by atoms with Gasteiger partial charge in [-0.2, -0.15) is 0 Å². The van der Waals surface area contributed by atoms with Gasteiger partial charge in [-0.05, 0) is 31.0 Å². The maximum absolute atomic E-state index is 6.01. The first-order chi connectivity index (χ1) is 10.1. The Morgan fingerprint density at radius 2 is 1.86 bits per heavy atom. The van der Waals surface area contributed by atoms with Crippen molar-refractivity contribution < 1.29 is 14.2 Å². The van der Waals surface area contributed by atoms with Crippen molar-refractivity contribution in [2.45, 2.75) is 20.5 Å². The van der Waals surface area contributed by atoms with Crippen LogP contribution in [0.15, 0.2) is 24.4 Å². The van der Waals surface area contributed by atoms with Crippen molar-refractivity contribution in [3.8, 4) is 17.2 Å². The van der Waals surface area contributed by atoms with Gasteiger partial charge < -0.3 is 19.9 Å². The van der Waals surface area contributed by atoms with E-state index in [1.165, 1.54) is 0 Å². The first kappa shape index (κ1) is 15.0. The van der Waals surface area contributed by atoms with Crippen LogP contribution in [-0.4, -0.2) is 19.2 Å². The molecule has 2 rings (SSSR count). The smallest absolute Gasteiger partial charge is 0.185 e. The second kappa shape index (κ2) is 6.35. The third kappa shape index (κ3) is 3.18. The van der Waals surface area contributed by atoms with Gasteiger partial charge in [0, 0.05) is 12.3 Å². The number of ether oxygens (including phenoxy) is 3. The van der Waals surface area contributed by atoms with Gasteiger partial charge in [0.2, 0.25) is 0 Å². The molecule has 0 aliphatic rings. The molecule has 0 aliphatic carbocycles. The van der Waals surface area contributed by atoms with Crippen LogP contribution in [-0.2, 0) is 6.61 Å². The monoisotopic (exact) mass is 288 g/mol. The Labute approximate surface area is 124 Å². The molecule has 1 heterocycles. The summed E-state index contributed by atoms with van der Waals surface area (Å²) >= 11 is 0. The van der Waals surface area contributed by atoms with Crippen LogP contribution in [0.2, 0.25) is 0 Å². The number of nitrogens with two attached hydrogens (primary N) is 1. The number of hydrogen-bond acceptors (Lipinski definition) is 5. The minimum absolute atomic E-state index is 0.258. The molecule has 0 radical (unpaired) electrons. The van der Waals surface area contributed by atoms with Crippen LogP contribution in [0.1, 0.15) is 16.8 Å². The Balaban J connectivity index is 2.25. The first-order valence-corrected chi connectivity index (χ1v) is 6.62. The quantitative estimate of drug-likeness (QED) is 0.857. The van der Waals surface area contributed by atoms with Gasteiger partial charge in [0.1, 0.15) is 18.1 Å². The highest BCUT2D eigenvalue weighted by atomic mass is 16.5. The predicted molar refractivity (Wildman–Crippen MR) is 82.0 cm³/mol. The zero-order valence-electron chi connectivity index (χ0n) is 12.8. The molecule has 0 bridgehead atoms. The second-order valence-electron chi connectivity index (χ2n) is 4.78. The molecule has 0 atom stereocenters. The van der Waals surface area contributed by atoms with Crippen LogP contribution in [0.5, 0.6) is 17.2 Å². The first-order valence-electron chi connectivity index (χ1n) is 6.62. The van der Waals surface area contributed by atoms with Gasteiger partial charge in [-0.1, -0.05) is 6.07 Å². The lowest BCUT2D eigenvalue weighted by Gasteiger charge is -2.15. The summed E-state index contributed by atoms with van der Waals surface area (Å²) in [7, 11) is 3.17. The SMILES string of the molecule is COc1ccnc(COc2c(C)cc(C)cc2N)c1OC. The van der Waals surface area contributed by atoms with Gasteiger partial charge in [-0.15, -0.1) is 0 Å². The predicted octanol–water partition coefficient (Wildman–Crippen LogP) is 2.88. The molecule has 0 saturated carbocycles. The van der Waals surface area contributed by atoms with Crippen molar-refractivity contribution in [1.82, 2.24) is 4.98 Å². The molecule has 21 heavy (non-hydrogen) atoms. The molecule has 0 spiro atoms. The Morgan fingerprint density at radius 1 is 1.10 bits per heavy atom. The number of benzene rings is 1. The van der Waals surface area contributed by atoms with Gasteiger partial charge in [-0.25, -0.2) is 0 Å². The van der Waals surface area contributed by atoms with Gasteiger partial charge in [0.15, 0.2) is 11.5 Å². The molecule has 0 saturated heterocycles. The number of nitrogen functional groups attached to an aromatic ring is 1. The highest BCUT2D eigenvalue weighted by molar-refractivity contribution is 5.58. The maximum atomic E-state index is 6.01. The second-order valence-corrected chi connectivity index (χ2v) is 4.78. The van der Waals surface area contributed by atoms with Crippen LogP contribution in [0.25, 0.3) is 0 Å². The fraction of sp³-hybridized carbons (Fsp3) is 0.312. The Morgan fingerprint density at radius 3 is 2.48 bits per heavy atom. The van der Waals surface area contributed by atoms with Crippen molar-refractivity contribution in [1.29, 1.82) is 0 Å². The van der Waals surface area contributed by atoms with Gasteiger partial charge in [-0.3, -0.25) is 4.98 Å². The molecule has 112 valence electrons.